The number of nitrogens with one attached hydrogen (secondary N) is 1. The molecule has 152 valence electrons. The standard InChI is InChI=1S/C21H27ClN2O4/c1-14(20(26)23-13-15-6-3-2-4-7-15)28-21(27)16-9-10-17(22)18(12-16)24-11-5-8-19(24)25/h9-10,12,14-15H,2-8,11,13H2,1H3,(H,23,26)/t14-/m0/s1. The van der Waals surface area contributed by atoms with Crippen molar-refractivity contribution in [3.63, 3.8) is 0 Å². The van der Waals surface area contributed by atoms with Crippen LogP contribution in [0.1, 0.15) is 62.2 Å². The lowest BCUT2D eigenvalue weighted by atomic mass is 9.89. The molecule has 2 fully saturated rings. The highest BCUT2D eigenvalue weighted by atomic mass is 35.5. The van der Waals surface area contributed by atoms with Gasteiger partial charge >= 0.3 is 5.97 Å². The third kappa shape index (κ3) is 5.04. The zero-order valence-corrected chi connectivity index (χ0v) is 17.0. The predicted molar refractivity (Wildman–Crippen MR) is 108 cm³/mol. The van der Waals surface area contributed by atoms with Gasteiger partial charge in [-0.25, -0.2) is 4.79 Å². The minimum atomic E-state index is -0.886. The van der Waals surface area contributed by atoms with Gasteiger partial charge in [-0.1, -0.05) is 30.9 Å². The number of halogens is 1. The molecule has 28 heavy (non-hydrogen) atoms. The first-order chi connectivity index (χ1) is 13.5. The summed E-state index contributed by atoms with van der Waals surface area (Å²) < 4.78 is 5.32. The van der Waals surface area contributed by atoms with Crippen LogP contribution < -0.4 is 10.2 Å². The van der Waals surface area contributed by atoms with Crippen LogP contribution in [0.2, 0.25) is 5.02 Å². The number of ether oxygens (including phenoxy) is 1. The van der Waals surface area contributed by atoms with E-state index in [-0.39, 0.29) is 17.4 Å². The maximum Gasteiger partial charge on any atom is 0.338 e. The maximum atomic E-state index is 12.5. The smallest absolute Gasteiger partial charge is 0.338 e. The predicted octanol–water partition coefficient (Wildman–Crippen LogP) is 3.71. The second-order valence-electron chi connectivity index (χ2n) is 7.61. The Morgan fingerprint density at radius 1 is 1.25 bits per heavy atom. The molecule has 2 amide bonds. The number of rotatable bonds is 6. The van der Waals surface area contributed by atoms with Crippen LogP contribution >= 0.6 is 11.6 Å². The number of anilines is 1. The Labute approximate surface area is 170 Å². The molecule has 1 atom stereocenters. The molecular weight excluding hydrogens is 380 g/mol. The highest BCUT2D eigenvalue weighted by Crippen LogP contribution is 2.30. The van der Waals surface area contributed by atoms with Crippen LogP contribution in [0.25, 0.3) is 0 Å². The van der Waals surface area contributed by atoms with Crippen molar-refractivity contribution < 1.29 is 19.1 Å². The molecule has 1 aliphatic heterocycles. The second kappa shape index (κ2) is 9.41. The van der Waals surface area contributed by atoms with Gasteiger partial charge < -0.3 is 15.0 Å². The minimum Gasteiger partial charge on any atom is -0.449 e. The largest absolute Gasteiger partial charge is 0.449 e. The van der Waals surface area contributed by atoms with Crippen molar-refractivity contribution in [3.8, 4) is 0 Å². The Bertz CT molecular complexity index is 746. The number of carbonyl (C=O) groups excluding carboxylic acids is 3. The first-order valence-corrected chi connectivity index (χ1v) is 10.4. The molecule has 1 aromatic rings. The fourth-order valence-corrected chi connectivity index (χ4v) is 4.03. The van der Waals surface area contributed by atoms with Crippen molar-refractivity contribution >= 4 is 35.1 Å². The topological polar surface area (TPSA) is 75.7 Å². The summed E-state index contributed by atoms with van der Waals surface area (Å²) in [6.45, 7) is 2.77. The third-order valence-electron chi connectivity index (χ3n) is 5.49. The van der Waals surface area contributed by atoms with Crippen LogP contribution in [0, 0.1) is 5.92 Å². The van der Waals surface area contributed by atoms with E-state index < -0.39 is 12.1 Å². The molecule has 1 aliphatic carbocycles. The fraction of sp³-hybridized carbons (Fsp3) is 0.571. The van der Waals surface area contributed by atoms with Gasteiger partial charge in [0.15, 0.2) is 6.10 Å². The summed E-state index contributed by atoms with van der Waals surface area (Å²) in [5.74, 6) is -0.395. The van der Waals surface area contributed by atoms with Gasteiger partial charge in [0.05, 0.1) is 16.3 Å². The van der Waals surface area contributed by atoms with E-state index in [9.17, 15) is 14.4 Å². The monoisotopic (exact) mass is 406 g/mol. The van der Waals surface area contributed by atoms with Crippen LogP contribution in [0.4, 0.5) is 5.69 Å². The molecule has 1 heterocycles. The van der Waals surface area contributed by atoms with Crippen molar-refractivity contribution in [2.75, 3.05) is 18.0 Å². The van der Waals surface area contributed by atoms with E-state index in [1.807, 2.05) is 0 Å². The van der Waals surface area contributed by atoms with Gasteiger partial charge in [-0.15, -0.1) is 0 Å². The summed E-state index contributed by atoms with van der Waals surface area (Å²) in [6, 6.07) is 4.68. The lowest BCUT2D eigenvalue weighted by Crippen LogP contribution is -2.38. The zero-order valence-electron chi connectivity index (χ0n) is 16.2. The molecule has 0 radical (unpaired) electrons. The fourth-order valence-electron chi connectivity index (χ4n) is 3.81. The highest BCUT2D eigenvalue weighted by molar-refractivity contribution is 6.34. The number of hydrogen-bond acceptors (Lipinski definition) is 4. The zero-order chi connectivity index (χ0) is 20.1. The molecule has 0 aromatic heterocycles. The Morgan fingerprint density at radius 2 is 2.00 bits per heavy atom. The van der Waals surface area contributed by atoms with Crippen LogP contribution in [0.5, 0.6) is 0 Å². The Kier molecular flexibility index (Phi) is 6.94. The van der Waals surface area contributed by atoms with Crippen molar-refractivity contribution in [2.24, 2.45) is 5.92 Å². The molecule has 1 N–H and O–H groups in total. The Hall–Kier alpha value is -2.08. The van der Waals surface area contributed by atoms with E-state index in [4.69, 9.17) is 16.3 Å². The summed E-state index contributed by atoms with van der Waals surface area (Å²) in [5, 5.41) is 3.30. The molecule has 1 saturated carbocycles. The van der Waals surface area contributed by atoms with E-state index in [1.165, 1.54) is 19.3 Å². The first-order valence-electron chi connectivity index (χ1n) is 10.0. The Balaban J connectivity index is 1.57. The van der Waals surface area contributed by atoms with E-state index in [0.717, 1.165) is 19.3 Å². The number of esters is 1. The van der Waals surface area contributed by atoms with Gasteiger partial charge in [0.25, 0.3) is 5.91 Å². The SMILES string of the molecule is C[C@H](OC(=O)c1ccc(Cl)c(N2CCCC2=O)c1)C(=O)NCC1CCCCC1. The lowest BCUT2D eigenvalue weighted by molar-refractivity contribution is -0.129. The first kappa shape index (κ1) is 20.6. The van der Waals surface area contributed by atoms with Crippen molar-refractivity contribution in [1.29, 1.82) is 0 Å². The minimum absolute atomic E-state index is 0.0112. The quantitative estimate of drug-likeness (QED) is 0.730. The van der Waals surface area contributed by atoms with Crippen molar-refractivity contribution in [3.05, 3.63) is 28.8 Å². The van der Waals surface area contributed by atoms with E-state index >= 15 is 0 Å². The van der Waals surface area contributed by atoms with Gasteiger partial charge in [0.2, 0.25) is 5.91 Å². The third-order valence-corrected chi connectivity index (χ3v) is 5.81. The van der Waals surface area contributed by atoms with Crippen LogP contribution in [-0.2, 0) is 14.3 Å². The lowest BCUT2D eigenvalue weighted by Gasteiger charge is -2.22. The summed E-state index contributed by atoms with van der Waals surface area (Å²) in [7, 11) is 0. The van der Waals surface area contributed by atoms with Gasteiger partial charge in [-0.3, -0.25) is 9.59 Å². The highest BCUT2D eigenvalue weighted by Gasteiger charge is 2.26. The molecule has 0 spiro atoms. The van der Waals surface area contributed by atoms with Gasteiger partial charge in [0, 0.05) is 19.5 Å². The average molecular weight is 407 g/mol. The second-order valence-corrected chi connectivity index (χ2v) is 8.02. The van der Waals surface area contributed by atoms with Gasteiger partial charge in [-0.2, -0.15) is 0 Å². The average Bonchev–Trinajstić information content (AvgIpc) is 3.12. The molecule has 1 aromatic carbocycles. The van der Waals surface area contributed by atoms with Crippen LogP contribution in [0.15, 0.2) is 18.2 Å². The number of hydrogen-bond donors (Lipinski definition) is 1. The summed E-state index contributed by atoms with van der Waals surface area (Å²) in [5.41, 5.74) is 0.777. The van der Waals surface area contributed by atoms with Gasteiger partial charge in [0.1, 0.15) is 0 Å². The van der Waals surface area contributed by atoms with Crippen molar-refractivity contribution in [2.45, 2.75) is 58.0 Å². The summed E-state index contributed by atoms with van der Waals surface area (Å²) in [4.78, 5) is 38.3. The molecule has 0 bridgehead atoms. The van der Waals surface area contributed by atoms with E-state index in [2.05, 4.69) is 5.32 Å². The molecule has 2 aliphatic rings. The molecule has 3 rings (SSSR count). The molecular formula is C21H27ClN2O4. The van der Waals surface area contributed by atoms with E-state index in [1.54, 1.807) is 30.0 Å². The number of carbonyl (C=O) groups is 3. The van der Waals surface area contributed by atoms with Crippen molar-refractivity contribution in [1.82, 2.24) is 5.32 Å². The molecule has 7 heteroatoms. The summed E-state index contributed by atoms with van der Waals surface area (Å²) >= 11 is 6.21. The number of amides is 2. The maximum absolute atomic E-state index is 12.5. The number of benzene rings is 1. The summed E-state index contributed by atoms with van der Waals surface area (Å²) in [6.07, 6.45) is 6.32. The molecule has 6 nitrogen and oxygen atoms in total. The van der Waals surface area contributed by atoms with Crippen LogP contribution in [0.3, 0.4) is 0 Å². The normalized spacial score (nSPS) is 18.8. The molecule has 1 saturated heterocycles. The number of nitrogens with zero attached hydrogens (tertiary/aromatic N) is 1. The van der Waals surface area contributed by atoms with E-state index in [0.29, 0.717) is 36.1 Å². The molecule has 0 unspecified atom stereocenters. The van der Waals surface area contributed by atoms with Crippen LogP contribution in [-0.4, -0.2) is 37.0 Å². The Morgan fingerprint density at radius 3 is 2.68 bits per heavy atom. The van der Waals surface area contributed by atoms with Gasteiger partial charge in [-0.05, 0) is 50.3 Å².